The molecule has 4 nitrogen and oxygen atoms in total. The fourth-order valence-electron chi connectivity index (χ4n) is 3.07. The van der Waals surface area contributed by atoms with Gasteiger partial charge in [0.2, 0.25) is 11.8 Å². The van der Waals surface area contributed by atoms with Crippen LogP contribution in [0.3, 0.4) is 0 Å². The van der Waals surface area contributed by atoms with Crippen LogP contribution < -0.4 is 5.32 Å². The number of aryl methyl sites for hydroxylation is 2. The lowest BCUT2D eigenvalue weighted by Gasteiger charge is -2.29. The zero-order valence-corrected chi connectivity index (χ0v) is 17.5. The van der Waals surface area contributed by atoms with Gasteiger partial charge in [-0.25, -0.2) is 0 Å². The normalized spacial score (nSPS) is 11.7. The van der Waals surface area contributed by atoms with Gasteiger partial charge in [-0.15, -0.1) is 0 Å². The van der Waals surface area contributed by atoms with Crippen LogP contribution >= 0.6 is 0 Å². The largest absolute Gasteiger partial charge is 0.354 e. The Bertz CT molecular complexity index is 783. The predicted molar refractivity (Wildman–Crippen MR) is 114 cm³/mol. The number of hydrogen-bond acceptors (Lipinski definition) is 2. The summed E-state index contributed by atoms with van der Waals surface area (Å²) in [6.07, 6.45) is 2.25. The van der Waals surface area contributed by atoms with E-state index in [1.807, 2.05) is 69.3 Å². The van der Waals surface area contributed by atoms with Gasteiger partial charge in [-0.05, 0) is 43.9 Å². The molecule has 1 atom stereocenters. The van der Waals surface area contributed by atoms with Gasteiger partial charge < -0.3 is 10.2 Å². The van der Waals surface area contributed by atoms with Crippen molar-refractivity contribution in [3.05, 3.63) is 70.8 Å². The van der Waals surface area contributed by atoms with E-state index >= 15 is 0 Å². The molecule has 0 saturated carbocycles. The van der Waals surface area contributed by atoms with Crippen molar-refractivity contribution in [2.75, 3.05) is 6.54 Å². The van der Waals surface area contributed by atoms with Gasteiger partial charge in [-0.3, -0.25) is 9.59 Å². The Hall–Kier alpha value is -2.62. The number of amides is 2. The highest BCUT2D eigenvalue weighted by Crippen LogP contribution is 2.15. The third-order valence-corrected chi connectivity index (χ3v) is 5.07. The number of rotatable bonds is 9. The Balaban J connectivity index is 2.19. The molecule has 0 fully saturated rings. The minimum atomic E-state index is -0.519. The maximum Gasteiger partial charge on any atom is 0.242 e. The Morgan fingerprint density at radius 3 is 2.36 bits per heavy atom. The van der Waals surface area contributed by atoms with Crippen LogP contribution in [0.15, 0.2) is 48.5 Å². The summed E-state index contributed by atoms with van der Waals surface area (Å²) >= 11 is 0. The fourth-order valence-corrected chi connectivity index (χ4v) is 3.07. The van der Waals surface area contributed by atoms with E-state index in [1.165, 1.54) is 0 Å². The topological polar surface area (TPSA) is 49.4 Å². The van der Waals surface area contributed by atoms with Gasteiger partial charge >= 0.3 is 0 Å². The number of nitrogens with one attached hydrogen (secondary N) is 1. The maximum absolute atomic E-state index is 13.1. The first-order valence-corrected chi connectivity index (χ1v) is 10.1. The number of hydrogen-bond donors (Lipinski definition) is 1. The van der Waals surface area contributed by atoms with E-state index < -0.39 is 6.04 Å². The number of carbonyl (C=O) groups excluding carboxylic acids is 2. The smallest absolute Gasteiger partial charge is 0.242 e. The first kappa shape index (κ1) is 21.7. The molecule has 2 aromatic rings. The van der Waals surface area contributed by atoms with Crippen molar-refractivity contribution in [1.82, 2.24) is 10.2 Å². The molecule has 28 heavy (non-hydrogen) atoms. The predicted octanol–water partition coefficient (Wildman–Crippen LogP) is 4.18. The van der Waals surface area contributed by atoms with E-state index in [9.17, 15) is 9.59 Å². The zero-order chi connectivity index (χ0) is 20.5. The highest BCUT2D eigenvalue weighted by molar-refractivity contribution is 5.88. The van der Waals surface area contributed by atoms with Gasteiger partial charge in [-0.1, -0.05) is 67.4 Å². The van der Waals surface area contributed by atoms with Crippen LogP contribution in [0.4, 0.5) is 0 Å². The number of nitrogens with zero attached hydrogens (tertiary/aromatic N) is 1. The highest BCUT2D eigenvalue weighted by Gasteiger charge is 2.26. The van der Waals surface area contributed by atoms with Crippen molar-refractivity contribution >= 4 is 11.8 Å². The molecule has 0 saturated heterocycles. The molecule has 2 amide bonds. The standard InChI is InChI=1S/C24H32N2O2/c1-5-6-15-25-24(28)20(4)26(17-22-10-8-7-9-19(22)3)23(27)16-21-13-11-18(2)12-14-21/h7-14,20H,5-6,15-17H2,1-4H3,(H,25,28)/t20-/m0/s1. The van der Waals surface area contributed by atoms with Crippen LogP contribution in [0, 0.1) is 13.8 Å². The van der Waals surface area contributed by atoms with E-state index in [2.05, 4.69) is 12.2 Å². The molecule has 2 rings (SSSR count). The third-order valence-electron chi connectivity index (χ3n) is 5.07. The van der Waals surface area contributed by atoms with Crippen molar-refractivity contribution in [2.45, 2.75) is 59.5 Å². The molecule has 150 valence electrons. The third kappa shape index (κ3) is 6.22. The molecule has 0 heterocycles. The maximum atomic E-state index is 13.1. The molecule has 0 aliphatic carbocycles. The molecule has 0 spiro atoms. The van der Waals surface area contributed by atoms with Crippen LogP contribution in [0.2, 0.25) is 0 Å². The molecule has 0 bridgehead atoms. The molecule has 2 aromatic carbocycles. The number of benzene rings is 2. The van der Waals surface area contributed by atoms with E-state index in [4.69, 9.17) is 0 Å². The van der Waals surface area contributed by atoms with Crippen LogP contribution in [0.25, 0.3) is 0 Å². The van der Waals surface area contributed by atoms with Crippen molar-refractivity contribution < 1.29 is 9.59 Å². The summed E-state index contributed by atoms with van der Waals surface area (Å²) in [6, 6.07) is 15.5. The van der Waals surface area contributed by atoms with Crippen LogP contribution in [-0.2, 0) is 22.6 Å². The SMILES string of the molecule is CCCCNC(=O)[C@H](C)N(Cc1ccccc1C)C(=O)Cc1ccc(C)cc1. The lowest BCUT2D eigenvalue weighted by Crippen LogP contribution is -2.48. The summed E-state index contributed by atoms with van der Waals surface area (Å²) in [5.74, 6) is -0.135. The molecule has 0 aromatic heterocycles. The lowest BCUT2D eigenvalue weighted by atomic mass is 10.1. The number of unbranched alkanes of at least 4 members (excludes halogenated alkanes) is 1. The summed E-state index contributed by atoms with van der Waals surface area (Å²) in [4.78, 5) is 27.5. The molecule has 0 aliphatic heterocycles. The molecule has 1 N–H and O–H groups in total. The zero-order valence-electron chi connectivity index (χ0n) is 17.5. The average molecular weight is 381 g/mol. The van der Waals surface area contributed by atoms with Crippen molar-refractivity contribution in [2.24, 2.45) is 0 Å². The second kappa shape index (κ2) is 10.6. The summed E-state index contributed by atoms with van der Waals surface area (Å²) in [5.41, 5.74) is 4.31. The number of carbonyl (C=O) groups is 2. The highest BCUT2D eigenvalue weighted by atomic mass is 16.2. The monoisotopic (exact) mass is 380 g/mol. The molecule has 0 radical (unpaired) electrons. The second-order valence-corrected chi connectivity index (χ2v) is 7.43. The molecule has 4 heteroatoms. The summed E-state index contributed by atoms with van der Waals surface area (Å²) in [6.45, 7) is 9.03. The Morgan fingerprint density at radius 1 is 1.04 bits per heavy atom. The molecular formula is C24H32N2O2. The Labute approximate surface area is 169 Å². The van der Waals surface area contributed by atoms with Gasteiger partial charge in [0.15, 0.2) is 0 Å². The van der Waals surface area contributed by atoms with E-state index in [1.54, 1.807) is 4.90 Å². The quantitative estimate of drug-likeness (QED) is 0.664. The average Bonchev–Trinajstić information content (AvgIpc) is 2.68. The molecule has 0 aliphatic rings. The van der Waals surface area contributed by atoms with Crippen molar-refractivity contribution in [3.63, 3.8) is 0 Å². The molecule has 0 unspecified atom stereocenters. The van der Waals surface area contributed by atoms with E-state index in [-0.39, 0.29) is 11.8 Å². The summed E-state index contributed by atoms with van der Waals surface area (Å²) < 4.78 is 0. The van der Waals surface area contributed by atoms with Gasteiger partial charge in [0.05, 0.1) is 6.42 Å². The van der Waals surface area contributed by atoms with Crippen molar-refractivity contribution in [1.29, 1.82) is 0 Å². The van der Waals surface area contributed by atoms with Crippen LogP contribution in [-0.4, -0.2) is 29.3 Å². The van der Waals surface area contributed by atoms with Gasteiger partial charge in [0, 0.05) is 13.1 Å². The molecular weight excluding hydrogens is 348 g/mol. The minimum absolute atomic E-state index is 0.0368. The van der Waals surface area contributed by atoms with Gasteiger partial charge in [0.25, 0.3) is 0 Å². The van der Waals surface area contributed by atoms with Crippen molar-refractivity contribution in [3.8, 4) is 0 Å². The summed E-state index contributed by atoms with van der Waals surface area (Å²) in [5, 5.41) is 2.96. The second-order valence-electron chi connectivity index (χ2n) is 7.43. The first-order valence-electron chi connectivity index (χ1n) is 10.1. The van der Waals surface area contributed by atoms with Gasteiger partial charge in [-0.2, -0.15) is 0 Å². The van der Waals surface area contributed by atoms with Crippen LogP contribution in [0.1, 0.15) is 48.9 Å². The Kier molecular flexibility index (Phi) is 8.24. The van der Waals surface area contributed by atoms with E-state index in [0.717, 1.165) is 35.1 Å². The summed E-state index contributed by atoms with van der Waals surface area (Å²) in [7, 11) is 0. The van der Waals surface area contributed by atoms with Crippen LogP contribution in [0.5, 0.6) is 0 Å². The fraction of sp³-hybridized carbons (Fsp3) is 0.417. The van der Waals surface area contributed by atoms with E-state index in [0.29, 0.717) is 19.5 Å². The first-order chi connectivity index (χ1) is 13.4. The minimum Gasteiger partial charge on any atom is -0.354 e. The Morgan fingerprint density at radius 2 is 1.71 bits per heavy atom. The van der Waals surface area contributed by atoms with Gasteiger partial charge in [0.1, 0.15) is 6.04 Å². The lowest BCUT2D eigenvalue weighted by molar-refractivity contribution is -0.140.